The molecule has 0 fully saturated rings. The number of hydrogen-bond acceptors (Lipinski definition) is 2. The highest BCUT2D eigenvalue weighted by Crippen LogP contribution is 2.22. The molecule has 1 unspecified atom stereocenters. The molecular formula is C16H22FN3. The predicted molar refractivity (Wildman–Crippen MR) is 79.2 cm³/mol. The van der Waals surface area contributed by atoms with E-state index in [9.17, 15) is 4.39 Å². The third-order valence-electron chi connectivity index (χ3n) is 3.68. The van der Waals surface area contributed by atoms with E-state index in [1.807, 2.05) is 37.8 Å². The summed E-state index contributed by atoms with van der Waals surface area (Å²) in [4.78, 5) is 0. The molecule has 0 saturated carbocycles. The van der Waals surface area contributed by atoms with E-state index in [0.29, 0.717) is 5.56 Å². The van der Waals surface area contributed by atoms with Crippen LogP contribution < -0.4 is 5.32 Å². The number of aryl methyl sites for hydroxylation is 3. The molecule has 1 aromatic heterocycles. The largest absolute Gasteiger partial charge is 0.313 e. The van der Waals surface area contributed by atoms with Crippen LogP contribution in [0.3, 0.4) is 0 Å². The fourth-order valence-electron chi connectivity index (χ4n) is 2.43. The zero-order valence-electron chi connectivity index (χ0n) is 12.6. The number of rotatable bonds is 5. The van der Waals surface area contributed by atoms with Crippen LogP contribution in [0.15, 0.2) is 24.3 Å². The molecule has 2 rings (SSSR count). The third kappa shape index (κ3) is 3.07. The number of nitrogens with one attached hydrogen (secondary N) is 1. The maximum absolute atomic E-state index is 14.1. The zero-order chi connectivity index (χ0) is 14.7. The Morgan fingerprint density at radius 3 is 2.65 bits per heavy atom. The quantitative estimate of drug-likeness (QED) is 0.909. The Labute approximate surface area is 119 Å². The van der Waals surface area contributed by atoms with Crippen LogP contribution in [0.25, 0.3) is 0 Å². The normalized spacial score (nSPS) is 12.7. The number of likely N-dealkylation sites (N-methyl/N-ethyl adjacent to an activating group) is 1. The van der Waals surface area contributed by atoms with Gasteiger partial charge in [0.15, 0.2) is 0 Å². The Hall–Kier alpha value is -1.68. The van der Waals surface area contributed by atoms with E-state index in [4.69, 9.17) is 0 Å². The molecule has 0 amide bonds. The molecule has 0 spiro atoms. The van der Waals surface area contributed by atoms with Gasteiger partial charge >= 0.3 is 0 Å². The molecule has 20 heavy (non-hydrogen) atoms. The summed E-state index contributed by atoms with van der Waals surface area (Å²) in [5, 5.41) is 7.64. The lowest BCUT2D eigenvalue weighted by molar-refractivity contribution is 0.519. The summed E-state index contributed by atoms with van der Waals surface area (Å²) in [7, 11) is 3.80. The molecule has 1 heterocycles. The van der Waals surface area contributed by atoms with Gasteiger partial charge in [0.25, 0.3) is 0 Å². The summed E-state index contributed by atoms with van der Waals surface area (Å²) >= 11 is 0. The summed E-state index contributed by atoms with van der Waals surface area (Å²) in [5.41, 5.74) is 3.83. The minimum atomic E-state index is -0.151. The first-order valence-electron chi connectivity index (χ1n) is 7.00. The molecule has 108 valence electrons. The van der Waals surface area contributed by atoms with E-state index < -0.39 is 0 Å². The molecule has 4 heteroatoms. The second-order valence-electron chi connectivity index (χ2n) is 5.17. The van der Waals surface area contributed by atoms with Gasteiger partial charge in [-0.15, -0.1) is 0 Å². The summed E-state index contributed by atoms with van der Waals surface area (Å²) in [5.74, 6) is -0.151. The van der Waals surface area contributed by atoms with Gasteiger partial charge in [0, 0.05) is 30.8 Å². The maximum atomic E-state index is 14.1. The van der Waals surface area contributed by atoms with Crippen molar-refractivity contribution in [3.05, 3.63) is 52.6 Å². The van der Waals surface area contributed by atoms with Crippen LogP contribution in [-0.2, 0) is 19.9 Å². The van der Waals surface area contributed by atoms with Crippen LogP contribution in [0.2, 0.25) is 0 Å². The topological polar surface area (TPSA) is 29.9 Å². The van der Waals surface area contributed by atoms with Gasteiger partial charge in [0.2, 0.25) is 0 Å². The number of hydrogen-bond donors (Lipinski definition) is 1. The Kier molecular flexibility index (Phi) is 4.55. The minimum Gasteiger partial charge on any atom is -0.313 e. The zero-order valence-corrected chi connectivity index (χ0v) is 12.6. The van der Waals surface area contributed by atoms with E-state index in [1.54, 1.807) is 6.07 Å². The van der Waals surface area contributed by atoms with Crippen LogP contribution in [0, 0.1) is 12.7 Å². The van der Waals surface area contributed by atoms with Gasteiger partial charge in [-0.2, -0.15) is 5.10 Å². The average molecular weight is 275 g/mol. The van der Waals surface area contributed by atoms with Crippen molar-refractivity contribution in [3.63, 3.8) is 0 Å². The second kappa shape index (κ2) is 6.18. The highest BCUT2D eigenvalue weighted by atomic mass is 19.1. The van der Waals surface area contributed by atoms with Crippen LogP contribution >= 0.6 is 0 Å². The molecule has 1 atom stereocenters. The molecule has 2 aromatic rings. The van der Waals surface area contributed by atoms with Crippen LogP contribution in [0.4, 0.5) is 4.39 Å². The Morgan fingerprint density at radius 2 is 2.10 bits per heavy atom. The van der Waals surface area contributed by atoms with E-state index in [2.05, 4.69) is 23.4 Å². The van der Waals surface area contributed by atoms with Crippen LogP contribution in [0.1, 0.15) is 35.5 Å². The maximum Gasteiger partial charge on any atom is 0.128 e. The van der Waals surface area contributed by atoms with Gasteiger partial charge in [-0.25, -0.2) is 4.39 Å². The lowest BCUT2D eigenvalue weighted by atomic mass is 10.00. The van der Waals surface area contributed by atoms with Crippen molar-refractivity contribution >= 4 is 0 Å². The fraction of sp³-hybridized carbons (Fsp3) is 0.438. The monoisotopic (exact) mass is 275 g/mol. The smallest absolute Gasteiger partial charge is 0.128 e. The second-order valence-corrected chi connectivity index (χ2v) is 5.17. The molecule has 0 aliphatic heterocycles. The van der Waals surface area contributed by atoms with E-state index in [0.717, 1.165) is 29.8 Å². The van der Waals surface area contributed by atoms with Gasteiger partial charge in [-0.1, -0.05) is 19.1 Å². The van der Waals surface area contributed by atoms with Crippen molar-refractivity contribution in [3.8, 4) is 0 Å². The van der Waals surface area contributed by atoms with Crippen molar-refractivity contribution < 1.29 is 4.39 Å². The lowest BCUT2D eigenvalue weighted by Crippen LogP contribution is -2.21. The van der Waals surface area contributed by atoms with Gasteiger partial charge in [0.05, 0.1) is 5.69 Å². The standard InChI is InChI=1S/C16H22FN3/c1-5-12-9-13(20(4)19-12)10-16(18-3)14-7-6-11(2)8-15(14)17/h6-9,16,18H,5,10H2,1-4H3. The molecule has 0 radical (unpaired) electrons. The minimum absolute atomic E-state index is 0.0456. The SMILES string of the molecule is CCc1cc(CC(NC)c2ccc(C)cc2F)n(C)n1. The predicted octanol–water partition coefficient (Wildman–Crippen LogP) is 2.93. The van der Waals surface area contributed by atoms with Gasteiger partial charge < -0.3 is 5.32 Å². The molecule has 0 aliphatic rings. The number of benzene rings is 1. The Bertz CT molecular complexity index is 589. The molecule has 0 bridgehead atoms. The molecule has 1 aromatic carbocycles. The van der Waals surface area contributed by atoms with Crippen LogP contribution in [0.5, 0.6) is 0 Å². The molecule has 3 nitrogen and oxygen atoms in total. The first-order valence-corrected chi connectivity index (χ1v) is 7.00. The van der Waals surface area contributed by atoms with Gasteiger partial charge in [-0.3, -0.25) is 4.68 Å². The average Bonchev–Trinajstić information content (AvgIpc) is 2.77. The lowest BCUT2D eigenvalue weighted by Gasteiger charge is -2.17. The summed E-state index contributed by atoms with van der Waals surface area (Å²) in [6.07, 6.45) is 1.64. The van der Waals surface area contributed by atoms with Gasteiger partial charge in [0.1, 0.15) is 5.82 Å². The first kappa shape index (κ1) is 14.7. The number of aromatic nitrogens is 2. The molecule has 0 aliphatic carbocycles. The number of halogens is 1. The summed E-state index contributed by atoms with van der Waals surface area (Å²) < 4.78 is 16.0. The van der Waals surface area contributed by atoms with E-state index in [-0.39, 0.29) is 11.9 Å². The van der Waals surface area contributed by atoms with Crippen molar-refractivity contribution in [2.75, 3.05) is 7.05 Å². The number of nitrogens with zero attached hydrogens (tertiary/aromatic N) is 2. The van der Waals surface area contributed by atoms with Crippen LogP contribution in [-0.4, -0.2) is 16.8 Å². The Balaban J connectivity index is 2.26. The molecule has 1 N–H and O–H groups in total. The summed E-state index contributed by atoms with van der Waals surface area (Å²) in [6.45, 7) is 3.98. The highest BCUT2D eigenvalue weighted by Gasteiger charge is 2.17. The molecule has 0 saturated heterocycles. The fourth-order valence-corrected chi connectivity index (χ4v) is 2.43. The highest BCUT2D eigenvalue weighted by molar-refractivity contribution is 5.27. The third-order valence-corrected chi connectivity index (χ3v) is 3.68. The van der Waals surface area contributed by atoms with E-state index >= 15 is 0 Å². The first-order chi connectivity index (χ1) is 9.55. The van der Waals surface area contributed by atoms with Crippen molar-refractivity contribution in [1.29, 1.82) is 0 Å². The van der Waals surface area contributed by atoms with E-state index in [1.165, 1.54) is 0 Å². The van der Waals surface area contributed by atoms with Crippen molar-refractivity contribution in [2.24, 2.45) is 7.05 Å². The van der Waals surface area contributed by atoms with Gasteiger partial charge in [-0.05, 0) is 38.1 Å². The summed E-state index contributed by atoms with van der Waals surface area (Å²) in [6, 6.07) is 7.44. The Morgan fingerprint density at radius 1 is 1.35 bits per heavy atom. The van der Waals surface area contributed by atoms with Crippen molar-refractivity contribution in [1.82, 2.24) is 15.1 Å². The van der Waals surface area contributed by atoms with Crippen molar-refractivity contribution in [2.45, 2.75) is 32.7 Å². The molecular weight excluding hydrogens is 253 g/mol.